The predicted molar refractivity (Wildman–Crippen MR) is 76.2 cm³/mol. The molecule has 1 atom stereocenters. The van der Waals surface area contributed by atoms with Crippen LogP contribution in [0.5, 0.6) is 5.75 Å². The van der Waals surface area contributed by atoms with E-state index in [0.717, 1.165) is 27.7 Å². The minimum atomic E-state index is -0.776. The second-order valence-electron chi connectivity index (χ2n) is 4.55. The first-order chi connectivity index (χ1) is 9.04. The highest BCUT2D eigenvalue weighted by atomic mass is 32.2. The molecule has 2 rings (SSSR count). The molecule has 5 nitrogen and oxygen atoms in total. The lowest BCUT2D eigenvalue weighted by molar-refractivity contribution is 0.415. The molecule has 6 heteroatoms. The summed E-state index contributed by atoms with van der Waals surface area (Å²) in [6, 6.07) is 7.79. The average Bonchev–Trinajstić information content (AvgIpc) is 2.79. The Hall–Kier alpha value is -1.71. The largest absolute Gasteiger partial charge is 0.497 e. The van der Waals surface area contributed by atoms with Crippen LogP contribution in [0, 0.1) is 11.3 Å². The molecule has 0 saturated heterocycles. The molecular weight excluding hydrogens is 260 g/mol. The fraction of sp³-hybridized carbons (Fsp3) is 0.385. The maximum absolute atomic E-state index is 8.84. The van der Waals surface area contributed by atoms with E-state index in [-0.39, 0.29) is 0 Å². The minimum Gasteiger partial charge on any atom is -0.497 e. The normalized spacial score (nSPS) is 14.0. The maximum atomic E-state index is 8.84. The Morgan fingerprint density at radius 2 is 2.37 bits per heavy atom. The molecule has 3 N–H and O–H groups in total. The Morgan fingerprint density at radius 3 is 3.05 bits per heavy atom. The van der Waals surface area contributed by atoms with Crippen LogP contribution in [0.25, 0.3) is 11.0 Å². The number of rotatable bonds is 5. The van der Waals surface area contributed by atoms with Crippen molar-refractivity contribution in [1.29, 1.82) is 5.26 Å². The van der Waals surface area contributed by atoms with E-state index in [9.17, 15) is 0 Å². The summed E-state index contributed by atoms with van der Waals surface area (Å²) in [4.78, 5) is 7.68. The Morgan fingerprint density at radius 1 is 1.58 bits per heavy atom. The van der Waals surface area contributed by atoms with Gasteiger partial charge in [0.05, 0.1) is 24.2 Å². The molecule has 0 amide bonds. The number of fused-ring (bicyclic) bond motifs is 1. The summed E-state index contributed by atoms with van der Waals surface area (Å²) in [5.41, 5.74) is 6.84. The van der Waals surface area contributed by atoms with Gasteiger partial charge in [0, 0.05) is 11.8 Å². The molecule has 1 heterocycles. The number of nitriles is 1. The number of nitrogens with two attached hydrogens (primary N) is 1. The first kappa shape index (κ1) is 13.7. The Kier molecular flexibility index (Phi) is 3.98. The first-order valence-corrected chi connectivity index (χ1v) is 6.89. The number of benzene rings is 1. The van der Waals surface area contributed by atoms with Crippen LogP contribution in [0.2, 0.25) is 0 Å². The van der Waals surface area contributed by atoms with Gasteiger partial charge >= 0.3 is 0 Å². The van der Waals surface area contributed by atoms with Gasteiger partial charge in [-0.05, 0) is 25.5 Å². The van der Waals surface area contributed by atoms with E-state index >= 15 is 0 Å². The van der Waals surface area contributed by atoms with Gasteiger partial charge in [-0.2, -0.15) is 5.26 Å². The van der Waals surface area contributed by atoms with Crippen LogP contribution < -0.4 is 10.5 Å². The van der Waals surface area contributed by atoms with Gasteiger partial charge in [0.15, 0.2) is 5.16 Å². The third kappa shape index (κ3) is 3.40. The van der Waals surface area contributed by atoms with Gasteiger partial charge in [0.1, 0.15) is 11.3 Å². The minimum absolute atomic E-state index is 0.620. The number of nitrogens with one attached hydrogen (secondary N) is 1. The number of ether oxygens (including phenoxy) is 1. The van der Waals surface area contributed by atoms with E-state index in [1.807, 2.05) is 18.2 Å². The second kappa shape index (κ2) is 5.51. The zero-order valence-electron chi connectivity index (χ0n) is 10.9. The number of nitrogens with zero attached hydrogens (tertiary/aromatic N) is 2. The average molecular weight is 276 g/mol. The van der Waals surface area contributed by atoms with Crippen LogP contribution in [-0.4, -0.2) is 28.4 Å². The summed E-state index contributed by atoms with van der Waals surface area (Å²) >= 11 is 1.56. The van der Waals surface area contributed by atoms with E-state index in [1.54, 1.807) is 25.8 Å². The molecule has 2 aromatic rings. The molecule has 1 aromatic heterocycles. The van der Waals surface area contributed by atoms with Gasteiger partial charge in [-0.15, -0.1) is 0 Å². The Bertz CT molecular complexity index is 615. The second-order valence-corrected chi connectivity index (χ2v) is 5.64. The molecule has 0 aliphatic heterocycles. The lowest BCUT2D eigenvalue weighted by Gasteiger charge is -2.13. The number of hydrogen-bond acceptors (Lipinski definition) is 5. The SMILES string of the molecule is COc1ccc2nc(SCCC(C)(N)C#N)[nH]c2c1. The highest BCUT2D eigenvalue weighted by Gasteiger charge is 2.17. The lowest BCUT2D eigenvalue weighted by atomic mass is 10.0. The van der Waals surface area contributed by atoms with Crippen molar-refractivity contribution in [2.75, 3.05) is 12.9 Å². The van der Waals surface area contributed by atoms with Crippen molar-refractivity contribution in [2.24, 2.45) is 5.73 Å². The zero-order chi connectivity index (χ0) is 13.9. The number of imidazole rings is 1. The molecule has 0 aliphatic carbocycles. The van der Waals surface area contributed by atoms with Gasteiger partial charge in [0.25, 0.3) is 0 Å². The van der Waals surface area contributed by atoms with Crippen molar-refractivity contribution in [1.82, 2.24) is 9.97 Å². The molecular formula is C13H16N4OS. The fourth-order valence-corrected chi connectivity index (χ4v) is 2.64. The molecule has 0 bridgehead atoms. The summed E-state index contributed by atoms with van der Waals surface area (Å²) in [5, 5.41) is 9.67. The van der Waals surface area contributed by atoms with Crippen LogP contribution in [0.3, 0.4) is 0 Å². The van der Waals surface area contributed by atoms with Crippen LogP contribution in [0.4, 0.5) is 0 Å². The zero-order valence-corrected chi connectivity index (χ0v) is 11.8. The van der Waals surface area contributed by atoms with Crippen LogP contribution in [0.1, 0.15) is 13.3 Å². The fourth-order valence-electron chi connectivity index (χ4n) is 1.58. The van der Waals surface area contributed by atoms with Crippen LogP contribution in [-0.2, 0) is 0 Å². The molecule has 100 valence electrons. The molecule has 0 fully saturated rings. The topological polar surface area (TPSA) is 87.7 Å². The smallest absolute Gasteiger partial charge is 0.166 e. The first-order valence-electron chi connectivity index (χ1n) is 5.91. The Labute approximate surface area is 116 Å². The predicted octanol–water partition coefficient (Wildman–Crippen LogP) is 2.29. The third-order valence-electron chi connectivity index (χ3n) is 2.78. The number of hydrogen-bond donors (Lipinski definition) is 2. The highest BCUT2D eigenvalue weighted by Crippen LogP contribution is 2.24. The van der Waals surface area contributed by atoms with Crippen molar-refractivity contribution in [3.05, 3.63) is 18.2 Å². The van der Waals surface area contributed by atoms with E-state index < -0.39 is 5.54 Å². The monoisotopic (exact) mass is 276 g/mol. The molecule has 1 unspecified atom stereocenters. The highest BCUT2D eigenvalue weighted by molar-refractivity contribution is 7.99. The van der Waals surface area contributed by atoms with E-state index in [4.69, 9.17) is 15.7 Å². The molecule has 0 aliphatic rings. The van der Waals surface area contributed by atoms with E-state index in [0.29, 0.717) is 6.42 Å². The molecule has 1 aromatic carbocycles. The summed E-state index contributed by atoms with van der Waals surface area (Å²) in [6.07, 6.45) is 0.620. The van der Waals surface area contributed by atoms with Crippen molar-refractivity contribution in [2.45, 2.75) is 24.0 Å². The number of H-pyrrole nitrogens is 1. The molecule has 0 radical (unpaired) electrons. The summed E-state index contributed by atoms with van der Waals surface area (Å²) in [6.45, 7) is 1.73. The van der Waals surface area contributed by atoms with Crippen molar-refractivity contribution < 1.29 is 4.74 Å². The van der Waals surface area contributed by atoms with E-state index in [2.05, 4.69) is 16.0 Å². The summed E-state index contributed by atoms with van der Waals surface area (Å²) in [5.74, 6) is 1.55. The quantitative estimate of drug-likeness (QED) is 0.818. The number of methoxy groups -OCH3 is 1. The van der Waals surface area contributed by atoms with Crippen molar-refractivity contribution in [3.8, 4) is 11.8 Å². The van der Waals surface area contributed by atoms with Crippen molar-refractivity contribution in [3.63, 3.8) is 0 Å². The Balaban J connectivity index is 2.04. The standard InChI is InChI=1S/C13H16N4OS/c1-13(15,8-14)5-6-19-12-16-10-4-3-9(18-2)7-11(10)17-12/h3-4,7H,5-6,15H2,1-2H3,(H,16,17). The summed E-state index contributed by atoms with van der Waals surface area (Å²) in [7, 11) is 1.64. The van der Waals surface area contributed by atoms with Crippen LogP contribution >= 0.6 is 11.8 Å². The van der Waals surface area contributed by atoms with Gasteiger partial charge in [0.2, 0.25) is 0 Å². The molecule has 19 heavy (non-hydrogen) atoms. The third-order valence-corrected chi connectivity index (χ3v) is 3.66. The number of thioether (sulfide) groups is 1. The van der Waals surface area contributed by atoms with Gasteiger partial charge in [-0.1, -0.05) is 11.8 Å². The lowest BCUT2D eigenvalue weighted by Crippen LogP contribution is -2.34. The van der Waals surface area contributed by atoms with Crippen LogP contribution in [0.15, 0.2) is 23.4 Å². The summed E-state index contributed by atoms with van der Waals surface area (Å²) < 4.78 is 5.16. The number of aromatic nitrogens is 2. The molecule has 0 saturated carbocycles. The van der Waals surface area contributed by atoms with Gasteiger partial charge in [-0.25, -0.2) is 4.98 Å². The van der Waals surface area contributed by atoms with E-state index in [1.165, 1.54) is 0 Å². The van der Waals surface area contributed by atoms with Crippen molar-refractivity contribution >= 4 is 22.8 Å². The van der Waals surface area contributed by atoms with Gasteiger partial charge < -0.3 is 15.5 Å². The van der Waals surface area contributed by atoms with Gasteiger partial charge in [-0.3, -0.25) is 0 Å². The maximum Gasteiger partial charge on any atom is 0.166 e. The molecule has 0 spiro atoms. The number of aromatic amines is 1.